The lowest BCUT2D eigenvalue weighted by Gasteiger charge is -2.07. The summed E-state index contributed by atoms with van der Waals surface area (Å²) in [6, 6.07) is 2.22. The third-order valence-corrected chi connectivity index (χ3v) is 3.66. The standard InChI is InChI=1S/C14H12F5NOS/c1-2-20-7-5-3-4-6-8(21)22-14-12(18)10(16)9(15)11(17)13(14)19/h1,20H,3-7H2. The second-order valence-corrected chi connectivity index (χ2v) is 5.32. The summed E-state index contributed by atoms with van der Waals surface area (Å²) in [4.78, 5) is 10.4. The Kier molecular flexibility index (Phi) is 7.18. The van der Waals surface area contributed by atoms with Gasteiger partial charge in [0.1, 0.15) is 0 Å². The van der Waals surface area contributed by atoms with Gasteiger partial charge in [-0.2, -0.15) is 0 Å². The van der Waals surface area contributed by atoms with Gasteiger partial charge in [-0.3, -0.25) is 4.79 Å². The van der Waals surface area contributed by atoms with Crippen molar-refractivity contribution in [2.45, 2.75) is 30.6 Å². The Bertz CT molecular complexity index is 571. The summed E-state index contributed by atoms with van der Waals surface area (Å²) < 4.78 is 65.5. The average Bonchev–Trinajstić information content (AvgIpc) is 2.51. The second kappa shape index (κ2) is 8.63. The molecule has 1 aromatic rings. The number of hydrogen-bond acceptors (Lipinski definition) is 3. The summed E-state index contributed by atoms with van der Waals surface area (Å²) in [5.74, 6) is -10.3. The fourth-order valence-electron chi connectivity index (χ4n) is 1.57. The number of terminal acetylenes is 1. The van der Waals surface area contributed by atoms with Gasteiger partial charge in [0.25, 0.3) is 0 Å². The Morgan fingerprint density at radius 3 is 2.05 bits per heavy atom. The molecule has 0 aliphatic carbocycles. The minimum atomic E-state index is -2.24. The minimum absolute atomic E-state index is 0.0186. The SMILES string of the molecule is C#CNCCCCCC(=O)Sc1c(F)c(F)c(F)c(F)c1F. The molecular formula is C14H12F5NOS. The Balaban J connectivity index is 2.61. The van der Waals surface area contributed by atoms with E-state index in [0.29, 0.717) is 25.8 Å². The molecular weight excluding hydrogens is 325 g/mol. The third-order valence-electron chi connectivity index (χ3n) is 2.67. The fraction of sp³-hybridized carbons (Fsp3) is 0.357. The van der Waals surface area contributed by atoms with Gasteiger partial charge >= 0.3 is 0 Å². The predicted octanol–water partition coefficient (Wildman–Crippen LogP) is 3.74. The van der Waals surface area contributed by atoms with Crippen molar-refractivity contribution < 1.29 is 26.7 Å². The van der Waals surface area contributed by atoms with Gasteiger partial charge < -0.3 is 5.32 Å². The molecule has 0 bridgehead atoms. The fourth-order valence-corrected chi connectivity index (χ4v) is 2.40. The summed E-state index contributed by atoms with van der Waals surface area (Å²) in [5.41, 5.74) is 0. The Morgan fingerprint density at radius 2 is 1.50 bits per heavy atom. The maximum absolute atomic E-state index is 13.4. The topological polar surface area (TPSA) is 29.1 Å². The number of thioether (sulfide) groups is 1. The first-order valence-electron chi connectivity index (χ1n) is 6.30. The summed E-state index contributed by atoms with van der Waals surface area (Å²) >= 11 is 0.0186. The van der Waals surface area contributed by atoms with E-state index in [-0.39, 0.29) is 18.2 Å². The molecule has 0 saturated heterocycles. The highest BCUT2D eigenvalue weighted by atomic mass is 32.2. The number of unbranched alkanes of at least 4 members (excludes halogenated alkanes) is 2. The quantitative estimate of drug-likeness (QED) is 0.156. The highest BCUT2D eigenvalue weighted by molar-refractivity contribution is 8.13. The van der Waals surface area contributed by atoms with Crippen molar-refractivity contribution in [3.63, 3.8) is 0 Å². The van der Waals surface area contributed by atoms with Crippen LogP contribution in [-0.2, 0) is 4.79 Å². The first kappa shape index (κ1) is 18.3. The lowest BCUT2D eigenvalue weighted by molar-refractivity contribution is -0.111. The molecule has 1 rings (SSSR count). The van der Waals surface area contributed by atoms with Crippen LogP contribution in [-0.4, -0.2) is 11.7 Å². The molecule has 0 aliphatic rings. The molecule has 0 saturated carbocycles. The Morgan fingerprint density at radius 1 is 0.955 bits per heavy atom. The normalized spacial score (nSPS) is 10.4. The first-order valence-corrected chi connectivity index (χ1v) is 7.12. The van der Waals surface area contributed by atoms with Gasteiger partial charge in [-0.25, -0.2) is 22.0 Å². The van der Waals surface area contributed by atoms with E-state index in [1.54, 1.807) is 0 Å². The highest BCUT2D eigenvalue weighted by Crippen LogP contribution is 2.32. The van der Waals surface area contributed by atoms with E-state index in [0.717, 1.165) is 0 Å². The van der Waals surface area contributed by atoms with Gasteiger partial charge in [-0.15, -0.1) is 0 Å². The Hall–Kier alpha value is -1.75. The first-order chi connectivity index (χ1) is 10.4. The van der Waals surface area contributed by atoms with Crippen molar-refractivity contribution in [1.82, 2.24) is 5.32 Å². The zero-order valence-corrected chi connectivity index (χ0v) is 12.1. The van der Waals surface area contributed by atoms with E-state index in [2.05, 4.69) is 11.4 Å². The van der Waals surface area contributed by atoms with Gasteiger partial charge in [-0.1, -0.05) is 12.8 Å². The molecule has 0 radical (unpaired) electrons. The number of nitrogens with one attached hydrogen (secondary N) is 1. The number of halogens is 5. The van der Waals surface area contributed by atoms with Crippen LogP contribution in [0.25, 0.3) is 0 Å². The monoisotopic (exact) mass is 337 g/mol. The van der Waals surface area contributed by atoms with Gasteiger partial charge in [0.05, 0.1) is 4.90 Å². The van der Waals surface area contributed by atoms with E-state index in [4.69, 9.17) is 6.42 Å². The molecule has 0 unspecified atom stereocenters. The maximum Gasteiger partial charge on any atom is 0.200 e. The molecule has 0 atom stereocenters. The highest BCUT2D eigenvalue weighted by Gasteiger charge is 2.27. The van der Waals surface area contributed by atoms with Gasteiger partial charge in [0.2, 0.25) is 5.82 Å². The van der Waals surface area contributed by atoms with Crippen molar-refractivity contribution in [2.75, 3.05) is 6.54 Å². The largest absolute Gasteiger partial charge is 0.346 e. The van der Waals surface area contributed by atoms with Crippen LogP contribution in [0, 0.1) is 41.6 Å². The summed E-state index contributed by atoms with van der Waals surface area (Å²) in [6.45, 7) is 0.565. The van der Waals surface area contributed by atoms with Crippen LogP contribution in [0.5, 0.6) is 0 Å². The molecule has 0 amide bonds. The van der Waals surface area contributed by atoms with Crippen molar-refractivity contribution in [3.8, 4) is 12.5 Å². The molecule has 120 valence electrons. The summed E-state index contributed by atoms with van der Waals surface area (Å²) in [6.07, 6.45) is 6.68. The van der Waals surface area contributed by atoms with Crippen LogP contribution in [0.4, 0.5) is 22.0 Å². The average molecular weight is 337 g/mol. The third kappa shape index (κ3) is 4.63. The number of carbonyl (C=O) groups excluding carboxylic acids is 1. The van der Waals surface area contributed by atoms with Crippen molar-refractivity contribution in [1.29, 1.82) is 0 Å². The van der Waals surface area contributed by atoms with E-state index in [1.165, 1.54) is 0 Å². The number of rotatable bonds is 7. The maximum atomic E-state index is 13.4. The molecule has 1 N–H and O–H groups in total. The molecule has 0 aromatic heterocycles. The van der Waals surface area contributed by atoms with Gasteiger partial charge in [0, 0.05) is 19.0 Å². The smallest absolute Gasteiger partial charge is 0.200 e. The number of benzene rings is 1. The summed E-state index contributed by atoms with van der Waals surface area (Å²) in [5, 5.41) is 1.96. The van der Waals surface area contributed by atoms with E-state index in [9.17, 15) is 26.7 Å². The minimum Gasteiger partial charge on any atom is -0.346 e. The van der Waals surface area contributed by atoms with Crippen molar-refractivity contribution in [3.05, 3.63) is 29.1 Å². The number of hydrogen-bond donors (Lipinski definition) is 1. The molecule has 0 heterocycles. The number of carbonyl (C=O) groups is 1. The van der Waals surface area contributed by atoms with E-state index < -0.39 is 39.1 Å². The Labute approximate surface area is 128 Å². The molecule has 1 aromatic carbocycles. The lowest BCUT2D eigenvalue weighted by Crippen LogP contribution is -2.07. The summed E-state index contributed by atoms with van der Waals surface area (Å²) in [7, 11) is 0. The van der Waals surface area contributed by atoms with Crippen LogP contribution in [0.3, 0.4) is 0 Å². The van der Waals surface area contributed by atoms with Crippen LogP contribution >= 0.6 is 11.8 Å². The van der Waals surface area contributed by atoms with Crippen molar-refractivity contribution >= 4 is 16.9 Å². The van der Waals surface area contributed by atoms with Gasteiger partial charge in [-0.05, 0) is 24.6 Å². The predicted molar refractivity (Wildman–Crippen MR) is 72.4 cm³/mol. The molecule has 0 aliphatic heterocycles. The molecule has 0 fully saturated rings. The lowest BCUT2D eigenvalue weighted by atomic mass is 10.2. The van der Waals surface area contributed by atoms with Crippen LogP contribution in [0.2, 0.25) is 0 Å². The van der Waals surface area contributed by atoms with E-state index in [1.807, 2.05) is 0 Å². The van der Waals surface area contributed by atoms with E-state index >= 15 is 0 Å². The van der Waals surface area contributed by atoms with Crippen LogP contribution in [0.15, 0.2) is 4.90 Å². The molecule has 0 spiro atoms. The zero-order chi connectivity index (χ0) is 16.7. The zero-order valence-electron chi connectivity index (χ0n) is 11.3. The van der Waals surface area contributed by atoms with Gasteiger partial charge in [0.15, 0.2) is 28.4 Å². The second-order valence-electron chi connectivity index (χ2n) is 4.25. The molecule has 22 heavy (non-hydrogen) atoms. The molecule has 8 heteroatoms. The van der Waals surface area contributed by atoms with Crippen LogP contribution < -0.4 is 5.32 Å². The molecule has 2 nitrogen and oxygen atoms in total. The van der Waals surface area contributed by atoms with Crippen molar-refractivity contribution in [2.24, 2.45) is 0 Å². The van der Waals surface area contributed by atoms with Crippen LogP contribution in [0.1, 0.15) is 25.7 Å².